The molecule has 9 heteroatoms. The average molecular weight is 802 g/mol. The number of allylic oxidation sites excluding steroid dienone is 3. The molecular formula is C44H39N3S6. The molecule has 0 amide bonds. The summed E-state index contributed by atoms with van der Waals surface area (Å²) in [5, 5.41) is 28.5. The van der Waals surface area contributed by atoms with Gasteiger partial charge in [-0.1, -0.05) is 53.4 Å². The van der Waals surface area contributed by atoms with Crippen LogP contribution in [0.2, 0.25) is 0 Å². The molecule has 7 rings (SSSR count). The van der Waals surface area contributed by atoms with Crippen molar-refractivity contribution < 1.29 is 0 Å². The largest absolute Gasteiger partial charge is 0.193 e. The molecule has 0 radical (unpaired) electrons. The highest BCUT2D eigenvalue weighted by molar-refractivity contribution is 7.30. The maximum atomic E-state index is 9.54. The Balaban J connectivity index is 1.15. The molecule has 0 N–H and O–H groups in total. The van der Waals surface area contributed by atoms with Gasteiger partial charge < -0.3 is 0 Å². The van der Waals surface area contributed by atoms with Crippen LogP contribution in [0, 0.1) is 34.0 Å². The van der Waals surface area contributed by atoms with Gasteiger partial charge in [0.05, 0.1) is 6.07 Å². The lowest BCUT2D eigenvalue weighted by Gasteiger charge is -2.06. The summed E-state index contributed by atoms with van der Waals surface area (Å²) >= 11 is 11.1. The first-order valence-electron chi connectivity index (χ1n) is 18.3. The highest BCUT2D eigenvalue weighted by Crippen LogP contribution is 2.52. The Morgan fingerprint density at radius 1 is 0.509 bits per heavy atom. The van der Waals surface area contributed by atoms with Crippen LogP contribution >= 0.6 is 68.0 Å². The molecule has 53 heavy (non-hydrogen) atoms. The van der Waals surface area contributed by atoms with Gasteiger partial charge in [0, 0.05) is 70.5 Å². The zero-order valence-corrected chi connectivity index (χ0v) is 35.3. The summed E-state index contributed by atoms with van der Waals surface area (Å²) in [6, 6.07) is 24.7. The van der Waals surface area contributed by atoms with Crippen molar-refractivity contribution in [2.45, 2.75) is 85.5 Å². The fourth-order valence-electron chi connectivity index (χ4n) is 6.91. The second-order valence-corrected chi connectivity index (χ2v) is 19.6. The summed E-state index contributed by atoms with van der Waals surface area (Å²) in [4.78, 5) is 15.4. The maximum Gasteiger partial charge on any atom is 0.131 e. The van der Waals surface area contributed by atoms with Crippen LogP contribution in [0.25, 0.3) is 60.4 Å². The van der Waals surface area contributed by atoms with Crippen molar-refractivity contribution in [2.75, 3.05) is 0 Å². The van der Waals surface area contributed by atoms with Gasteiger partial charge in [-0.15, -0.1) is 68.0 Å². The quantitative estimate of drug-likeness (QED) is 0.0971. The fourth-order valence-corrected chi connectivity index (χ4v) is 14.3. The van der Waals surface area contributed by atoms with Crippen LogP contribution in [0.4, 0.5) is 0 Å². The molecule has 266 valence electrons. The van der Waals surface area contributed by atoms with Crippen molar-refractivity contribution in [1.29, 1.82) is 15.8 Å². The topological polar surface area (TPSA) is 71.4 Å². The molecule has 1 aliphatic carbocycles. The van der Waals surface area contributed by atoms with Gasteiger partial charge in [0.25, 0.3) is 0 Å². The Morgan fingerprint density at radius 3 is 1.30 bits per heavy atom. The van der Waals surface area contributed by atoms with Gasteiger partial charge in [0.1, 0.15) is 17.7 Å². The van der Waals surface area contributed by atoms with Crippen LogP contribution in [0.5, 0.6) is 0 Å². The van der Waals surface area contributed by atoms with E-state index < -0.39 is 0 Å². The van der Waals surface area contributed by atoms with E-state index in [0.717, 1.165) is 68.2 Å². The zero-order chi connectivity index (χ0) is 37.1. The standard InChI is InChI=1S/C44H39N3S6/c1-5-9-28-29(10-6-2)43(52-41(28)21-26(23-45)24-46)39-19-17-37(50-39)35-15-13-33(48-35)34-14-16-36(49-34)38-18-20-40(51-38)44-31(12-8-4)30(11-7-3)42(53-44)32-22-27(32)25-47/h13-21H,5-12,22H2,1-4H3. The molecule has 0 spiro atoms. The third-order valence-corrected chi connectivity index (χ3v) is 17.2. The van der Waals surface area contributed by atoms with Crippen molar-refractivity contribution >= 4 is 79.7 Å². The Morgan fingerprint density at radius 2 is 0.887 bits per heavy atom. The third-order valence-electron chi connectivity index (χ3n) is 9.38. The molecule has 0 unspecified atom stereocenters. The van der Waals surface area contributed by atoms with Crippen LogP contribution in [0.1, 0.15) is 91.8 Å². The van der Waals surface area contributed by atoms with E-state index in [2.05, 4.69) is 94.4 Å². The first-order chi connectivity index (χ1) is 25.9. The second kappa shape index (κ2) is 16.7. The van der Waals surface area contributed by atoms with E-state index in [1.807, 2.05) is 56.7 Å². The Labute approximate surface area is 337 Å². The van der Waals surface area contributed by atoms with E-state index in [0.29, 0.717) is 0 Å². The predicted molar refractivity (Wildman–Crippen MR) is 233 cm³/mol. The van der Waals surface area contributed by atoms with E-state index in [-0.39, 0.29) is 5.57 Å². The zero-order valence-electron chi connectivity index (χ0n) is 30.4. The third kappa shape index (κ3) is 7.60. The summed E-state index contributed by atoms with van der Waals surface area (Å²) in [6.45, 7) is 8.93. The smallest absolute Gasteiger partial charge is 0.131 e. The summed E-state index contributed by atoms with van der Waals surface area (Å²) in [5.41, 5.74) is 8.06. The summed E-state index contributed by atoms with van der Waals surface area (Å²) < 4.78 is 0. The molecule has 0 saturated heterocycles. The summed E-state index contributed by atoms with van der Waals surface area (Å²) in [5.74, 6) is 0. The van der Waals surface area contributed by atoms with Crippen molar-refractivity contribution in [3.05, 3.63) is 91.7 Å². The van der Waals surface area contributed by atoms with Crippen molar-refractivity contribution in [1.82, 2.24) is 0 Å². The minimum Gasteiger partial charge on any atom is -0.193 e. The van der Waals surface area contributed by atoms with Gasteiger partial charge in [0.15, 0.2) is 0 Å². The first-order valence-corrected chi connectivity index (χ1v) is 23.2. The molecule has 0 aromatic carbocycles. The first kappa shape index (κ1) is 37.5. The molecule has 0 atom stereocenters. The monoisotopic (exact) mass is 801 g/mol. The molecule has 6 aromatic rings. The predicted octanol–water partition coefficient (Wildman–Crippen LogP) is 15.3. The molecular weight excluding hydrogens is 763 g/mol. The molecule has 0 bridgehead atoms. The van der Waals surface area contributed by atoms with Crippen molar-refractivity contribution in [3.63, 3.8) is 0 Å². The van der Waals surface area contributed by atoms with Crippen LogP contribution in [0.3, 0.4) is 0 Å². The van der Waals surface area contributed by atoms with E-state index in [9.17, 15) is 15.8 Å². The van der Waals surface area contributed by atoms with Gasteiger partial charge in [0.2, 0.25) is 0 Å². The van der Waals surface area contributed by atoms with Gasteiger partial charge >= 0.3 is 0 Å². The lowest BCUT2D eigenvalue weighted by Crippen LogP contribution is -1.93. The second-order valence-electron chi connectivity index (χ2n) is 13.2. The molecule has 6 aromatic heterocycles. The van der Waals surface area contributed by atoms with E-state index in [1.54, 1.807) is 17.4 Å². The Hall–Kier alpha value is -3.85. The van der Waals surface area contributed by atoms with Crippen LogP contribution in [0.15, 0.2) is 59.7 Å². The van der Waals surface area contributed by atoms with Crippen LogP contribution < -0.4 is 0 Å². The Bertz CT molecular complexity index is 2460. The minimum absolute atomic E-state index is 0.161. The average Bonchev–Trinajstić information content (AvgIpc) is 3.89. The molecule has 1 aliphatic rings. The number of nitriles is 3. The van der Waals surface area contributed by atoms with E-state index >= 15 is 0 Å². The normalized spacial score (nSPS) is 12.2. The lowest BCUT2D eigenvalue weighted by molar-refractivity contribution is 0.868. The number of thiophene rings is 6. The maximum absolute atomic E-state index is 9.54. The van der Waals surface area contributed by atoms with Gasteiger partial charge in [-0.25, -0.2) is 0 Å². The van der Waals surface area contributed by atoms with Crippen molar-refractivity contribution in [2.24, 2.45) is 0 Å². The molecule has 6 heterocycles. The number of rotatable bonds is 15. The molecule has 0 fully saturated rings. The van der Waals surface area contributed by atoms with E-state index in [1.165, 1.54) is 81.5 Å². The highest BCUT2D eigenvalue weighted by atomic mass is 32.1. The van der Waals surface area contributed by atoms with Crippen LogP contribution in [-0.2, 0) is 25.7 Å². The van der Waals surface area contributed by atoms with E-state index in [4.69, 9.17) is 0 Å². The Kier molecular flexibility index (Phi) is 11.8. The van der Waals surface area contributed by atoms with Crippen molar-refractivity contribution in [3.8, 4) is 67.0 Å². The SMILES string of the molecule is CCCc1c(C=C(C#N)C#N)sc(-c2ccc(-c3ccc(-c4ccc(-c5ccc(-c6sc(C7=C(C#N)C7)c(CCC)c6CCC)s5)s4)s3)s2)c1CCC. The number of hydrogen-bond acceptors (Lipinski definition) is 9. The van der Waals surface area contributed by atoms with Gasteiger partial charge in [-0.05, 0) is 108 Å². The summed E-state index contributed by atoms with van der Waals surface area (Å²) in [7, 11) is 0. The molecule has 0 aliphatic heterocycles. The minimum atomic E-state index is 0.161. The number of hydrogen-bond donors (Lipinski definition) is 0. The summed E-state index contributed by atoms with van der Waals surface area (Å²) in [6.07, 6.45) is 11.0. The lowest BCUT2D eigenvalue weighted by atomic mass is 9.98. The number of nitrogens with zero attached hydrogens (tertiary/aromatic N) is 3. The van der Waals surface area contributed by atoms with Gasteiger partial charge in [-0.3, -0.25) is 0 Å². The molecule has 3 nitrogen and oxygen atoms in total. The molecule has 0 saturated carbocycles. The fraction of sp³-hybridized carbons (Fsp3) is 0.295. The highest BCUT2D eigenvalue weighted by Gasteiger charge is 2.30. The van der Waals surface area contributed by atoms with Crippen LogP contribution in [-0.4, -0.2) is 0 Å². The van der Waals surface area contributed by atoms with Gasteiger partial charge in [-0.2, -0.15) is 15.8 Å².